The molecular weight excluding hydrogens is 358 g/mol. The van der Waals surface area contributed by atoms with Crippen molar-refractivity contribution < 1.29 is 19.1 Å². The summed E-state index contributed by atoms with van der Waals surface area (Å²) < 4.78 is 5.11. The highest BCUT2D eigenvalue weighted by molar-refractivity contribution is 6.03. The Kier molecular flexibility index (Phi) is 6.82. The fourth-order valence-electron chi connectivity index (χ4n) is 2.57. The summed E-state index contributed by atoms with van der Waals surface area (Å²) in [5, 5.41) is 18.4. The second kappa shape index (κ2) is 9.07. The molecule has 1 aliphatic heterocycles. The molecule has 1 aromatic heterocycles. The van der Waals surface area contributed by atoms with Crippen LogP contribution in [0, 0.1) is 0 Å². The summed E-state index contributed by atoms with van der Waals surface area (Å²) >= 11 is 0. The van der Waals surface area contributed by atoms with Gasteiger partial charge in [-0.1, -0.05) is 0 Å². The van der Waals surface area contributed by atoms with Gasteiger partial charge >= 0.3 is 0 Å². The van der Waals surface area contributed by atoms with E-state index in [1.54, 1.807) is 24.3 Å². The average Bonchev–Trinajstić information content (AvgIpc) is 3.29. The average molecular weight is 378 g/mol. The van der Waals surface area contributed by atoms with E-state index in [0.717, 1.165) is 19.4 Å². The molecule has 2 amide bonds. The third kappa shape index (κ3) is 5.11. The number of phenols is 1. The summed E-state index contributed by atoms with van der Waals surface area (Å²) in [4.78, 5) is 24.1. The first-order valence-corrected chi connectivity index (χ1v) is 8.01. The summed E-state index contributed by atoms with van der Waals surface area (Å²) in [6.45, 7) is 0.808. The van der Waals surface area contributed by atoms with Gasteiger partial charge in [-0.3, -0.25) is 9.59 Å². The summed E-state index contributed by atoms with van der Waals surface area (Å²) in [5.74, 6) is -0.0424. The molecule has 1 fully saturated rings. The highest BCUT2D eigenvalue weighted by Gasteiger charge is 2.22. The Morgan fingerprint density at radius 3 is 2.81 bits per heavy atom. The van der Waals surface area contributed by atoms with Crippen molar-refractivity contribution in [2.75, 3.05) is 17.2 Å². The van der Waals surface area contributed by atoms with Crippen LogP contribution in [-0.2, 0) is 9.59 Å². The lowest BCUT2D eigenvalue weighted by Gasteiger charge is -2.13. The zero-order chi connectivity index (χ0) is 17.6. The molecule has 2 heterocycles. The normalized spacial score (nSPS) is 16.2. The van der Waals surface area contributed by atoms with Gasteiger partial charge in [0.05, 0.1) is 18.0 Å². The Labute approximate surface area is 156 Å². The van der Waals surface area contributed by atoms with Crippen molar-refractivity contribution in [1.82, 2.24) is 5.32 Å². The zero-order valence-corrected chi connectivity index (χ0v) is 14.7. The summed E-state index contributed by atoms with van der Waals surface area (Å²) in [6, 6.07) is 7.69. The molecule has 1 saturated heterocycles. The highest BCUT2D eigenvalue weighted by atomic mass is 35.5. The quantitative estimate of drug-likeness (QED) is 0.364. The molecular formula is C18H20ClN3O4. The highest BCUT2D eigenvalue weighted by Crippen LogP contribution is 2.27. The van der Waals surface area contributed by atoms with Crippen molar-refractivity contribution in [3.8, 4) is 5.75 Å². The number of halogens is 1. The molecule has 0 saturated carbocycles. The van der Waals surface area contributed by atoms with E-state index in [-0.39, 0.29) is 41.7 Å². The molecule has 0 aliphatic carbocycles. The molecule has 26 heavy (non-hydrogen) atoms. The van der Waals surface area contributed by atoms with E-state index in [2.05, 4.69) is 16.0 Å². The summed E-state index contributed by atoms with van der Waals surface area (Å²) in [7, 11) is 0. The minimum atomic E-state index is -0.350. The van der Waals surface area contributed by atoms with Crippen molar-refractivity contribution in [3.63, 3.8) is 0 Å². The van der Waals surface area contributed by atoms with E-state index < -0.39 is 0 Å². The van der Waals surface area contributed by atoms with Crippen molar-refractivity contribution in [2.45, 2.75) is 18.9 Å². The number of phenolic OH excluding ortho intramolecular Hbond substituents is 1. The fraction of sp³-hybridized carbons (Fsp3) is 0.222. The summed E-state index contributed by atoms with van der Waals surface area (Å²) in [5.41, 5.74) is 0.716. The number of carbonyl (C=O) groups is 2. The topological polar surface area (TPSA) is 104 Å². The molecule has 1 aliphatic rings. The fourth-order valence-corrected chi connectivity index (χ4v) is 2.57. The van der Waals surface area contributed by atoms with Crippen molar-refractivity contribution in [2.24, 2.45) is 0 Å². The van der Waals surface area contributed by atoms with E-state index >= 15 is 0 Å². The smallest absolute Gasteiger partial charge is 0.248 e. The molecule has 7 nitrogen and oxygen atoms in total. The van der Waals surface area contributed by atoms with E-state index in [1.807, 2.05) is 0 Å². The van der Waals surface area contributed by atoms with Gasteiger partial charge in [0.2, 0.25) is 11.8 Å². The second-order valence-electron chi connectivity index (χ2n) is 5.71. The molecule has 3 rings (SSSR count). The Morgan fingerprint density at radius 2 is 2.12 bits per heavy atom. The number of carbonyl (C=O) groups excluding carboxylic acids is 2. The molecule has 1 aromatic carbocycles. The molecule has 0 radical (unpaired) electrons. The Hall–Kier alpha value is -2.77. The summed E-state index contributed by atoms with van der Waals surface area (Å²) in [6.07, 6.45) is 6.12. The number of amides is 2. The van der Waals surface area contributed by atoms with Gasteiger partial charge in [0.25, 0.3) is 0 Å². The van der Waals surface area contributed by atoms with Crippen LogP contribution in [0.2, 0.25) is 0 Å². The third-order valence-corrected chi connectivity index (χ3v) is 3.84. The Bertz CT molecular complexity index is 784. The second-order valence-corrected chi connectivity index (χ2v) is 5.71. The molecule has 1 atom stereocenters. The van der Waals surface area contributed by atoms with Gasteiger partial charge < -0.3 is 25.5 Å². The predicted molar refractivity (Wildman–Crippen MR) is 101 cm³/mol. The maximum Gasteiger partial charge on any atom is 0.248 e. The van der Waals surface area contributed by atoms with Crippen LogP contribution >= 0.6 is 12.4 Å². The van der Waals surface area contributed by atoms with Gasteiger partial charge in [0.1, 0.15) is 11.5 Å². The van der Waals surface area contributed by atoms with Crippen LogP contribution in [0.5, 0.6) is 5.75 Å². The van der Waals surface area contributed by atoms with E-state index in [4.69, 9.17) is 4.42 Å². The monoisotopic (exact) mass is 377 g/mol. The number of aromatic hydroxyl groups is 1. The first kappa shape index (κ1) is 19.6. The van der Waals surface area contributed by atoms with Crippen molar-refractivity contribution in [1.29, 1.82) is 0 Å². The zero-order valence-electron chi connectivity index (χ0n) is 13.9. The van der Waals surface area contributed by atoms with Gasteiger partial charge in [0, 0.05) is 11.8 Å². The third-order valence-electron chi connectivity index (χ3n) is 3.84. The largest absolute Gasteiger partial charge is 0.506 e. The number of hydrogen-bond acceptors (Lipinski definition) is 5. The molecule has 0 spiro atoms. The molecule has 8 heteroatoms. The van der Waals surface area contributed by atoms with Gasteiger partial charge in [-0.25, -0.2) is 0 Å². The maximum absolute atomic E-state index is 12.1. The lowest BCUT2D eigenvalue weighted by Crippen LogP contribution is -2.35. The van der Waals surface area contributed by atoms with E-state index in [0.29, 0.717) is 11.4 Å². The molecule has 2 aromatic rings. The number of nitrogens with one attached hydrogen (secondary N) is 3. The van der Waals surface area contributed by atoms with Crippen LogP contribution in [0.3, 0.4) is 0 Å². The Balaban J connectivity index is 0.00000243. The van der Waals surface area contributed by atoms with E-state index in [9.17, 15) is 14.7 Å². The lowest BCUT2D eigenvalue weighted by molar-refractivity contribution is -0.117. The Morgan fingerprint density at radius 1 is 1.27 bits per heavy atom. The minimum absolute atomic E-state index is 0. The molecule has 4 N–H and O–H groups in total. The number of furan rings is 1. The SMILES string of the molecule is Cl.O=C(/C=C/c1ccco1)Nc1ccc(O)c(NC(=O)[C@@H]2CCCN2)c1. The molecule has 138 valence electrons. The van der Waals surface area contributed by atoms with Crippen LogP contribution in [0.4, 0.5) is 11.4 Å². The van der Waals surface area contributed by atoms with Crippen molar-refractivity contribution in [3.05, 3.63) is 48.4 Å². The molecule has 0 bridgehead atoms. The maximum atomic E-state index is 12.1. The lowest BCUT2D eigenvalue weighted by atomic mass is 10.2. The van der Waals surface area contributed by atoms with Gasteiger partial charge in [-0.05, 0) is 55.8 Å². The van der Waals surface area contributed by atoms with Gasteiger partial charge in [-0.2, -0.15) is 0 Å². The van der Waals surface area contributed by atoms with Crippen LogP contribution in [0.25, 0.3) is 6.08 Å². The number of rotatable bonds is 5. The standard InChI is InChI=1S/C18H19N3O4.ClH/c22-16-7-5-12(20-17(23)8-6-13-3-2-10-25-13)11-15(16)21-18(24)14-4-1-9-19-14;/h2-3,5-8,10-11,14,19,22H,1,4,9H2,(H,20,23)(H,21,24);1H/b8-6+;/t14-;/m0./s1. The van der Waals surface area contributed by atoms with Crippen LogP contribution < -0.4 is 16.0 Å². The van der Waals surface area contributed by atoms with Crippen molar-refractivity contribution >= 4 is 41.7 Å². The van der Waals surface area contributed by atoms with Crippen LogP contribution in [0.15, 0.2) is 47.1 Å². The van der Waals surface area contributed by atoms with Gasteiger partial charge in [0.15, 0.2) is 0 Å². The molecule has 0 unspecified atom stereocenters. The van der Waals surface area contributed by atoms with Crippen LogP contribution in [-0.4, -0.2) is 29.5 Å². The number of benzene rings is 1. The number of anilines is 2. The van der Waals surface area contributed by atoms with Crippen LogP contribution in [0.1, 0.15) is 18.6 Å². The predicted octanol–water partition coefficient (Wildman–Crippen LogP) is 2.75. The first-order valence-electron chi connectivity index (χ1n) is 8.01. The first-order chi connectivity index (χ1) is 12.1. The van der Waals surface area contributed by atoms with E-state index in [1.165, 1.54) is 24.5 Å². The van der Waals surface area contributed by atoms with Gasteiger partial charge in [-0.15, -0.1) is 12.4 Å². The number of hydrogen-bond donors (Lipinski definition) is 4. The minimum Gasteiger partial charge on any atom is -0.506 e.